The van der Waals surface area contributed by atoms with Crippen LogP contribution in [0.5, 0.6) is 5.75 Å². The summed E-state index contributed by atoms with van der Waals surface area (Å²) in [5.74, 6) is -0.837. The zero-order chi connectivity index (χ0) is 23.8. The van der Waals surface area contributed by atoms with Gasteiger partial charge in [-0.3, -0.25) is 4.98 Å². The molecule has 0 spiro atoms. The highest BCUT2D eigenvalue weighted by molar-refractivity contribution is 5.88. The number of benzene rings is 1. The number of aromatic nitrogens is 1. The highest BCUT2D eigenvalue weighted by Crippen LogP contribution is 2.44. The molecule has 1 fully saturated rings. The van der Waals surface area contributed by atoms with Crippen LogP contribution in [0, 0.1) is 19.3 Å². The molecule has 2 heterocycles. The summed E-state index contributed by atoms with van der Waals surface area (Å²) in [6, 6.07) is 7.02. The van der Waals surface area contributed by atoms with Crippen molar-refractivity contribution in [3.05, 3.63) is 41.2 Å². The molecule has 3 rings (SSSR count). The lowest BCUT2D eigenvalue weighted by Gasteiger charge is -2.41. The number of ether oxygens (including phenoxy) is 1. The third-order valence-electron chi connectivity index (χ3n) is 6.13. The molecule has 0 amide bonds. The number of phenolic OH excluding ortho intramolecular Hbond substituents is 1. The van der Waals surface area contributed by atoms with Crippen molar-refractivity contribution in [1.82, 2.24) is 4.98 Å². The van der Waals surface area contributed by atoms with Crippen molar-refractivity contribution in [2.75, 3.05) is 18.0 Å². The average Bonchev–Trinajstić information content (AvgIpc) is 2.66. The first-order chi connectivity index (χ1) is 14.8. The quantitative estimate of drug-likeness (QED) is 0.626. The number of anilines is 1. The maximum Gasteiger partial charge on any atom is 0.337 e. The molecule has 6 heteroatoms. The Kier molecular flexibility index (Phi) is 6.57. The minimum Gasteiger partial charge on any atom is -0.508 e. The third-order valence-corrected chi connectivity index (χ3v) is 6.13. The second-order valence-electron chi connectivity index (χ2n) is 10.6. The lowest BCUT2D eigenvalue weighted by Crippen LogP contribution is -2.39. The summed E-state index contributed by atoms with van der Waals surface area (Å²) in [4.78, 5) is 19.5. The lowest BCUT2D eigenvalue weighted by molar-refractivity contribution is -0.160. The standard InChI is InChI=1S/C26H36N2O4/c1-16-20(18-8-10-19(29)11-9-18)22(28-14-12-26(6,7)13-15-28)21(17(2)27-16)23(24(30)31)32-25(3,4)5/h8-11,23,29H,12-15H2,1-7H3,(H,30,31). The fraction of sp³-hybridized carbons (Fsp3) is 0.538. The van der Waals surface area contributed by atoms with E-state index in [1.807, 2.05) is 46.8 Å². The maximum absolute atomic E-state index is 12.4. The van der Waals surface area contributed by atoms with Crippen LogP contribution in [0.15, 0.2) is 24.3 Å². The molecule has 1 aliphatic heterocycles. The first-order valence-corrected chi connectivity index (χ1v) is 11.3. The molecule has 1 aliphatic rings. The summed E-state index contributed by atoms with van der Waals surface area (Å²) in [6.45, 7) is 15.6. The van der Waals surface area contributed by atoms with Crippen molar-refractivity contribution in [2.24, 2.45) is 5.41 Å². The number of carbonyl (C=O) groups is 1. The van der Waals surface area contributed by atoms with Crippen LogP contribution < -0.4 is 4.90 Å². The largest absolute Gasteiger partial charge is 0.508 e. The van der Waals surface area contributed by atoms with E-state index in [1.54, 1.807) is 12.1 Å². The highest BCUT2D eigenvalue weighted by Gasteiger charge is 2.36. The molecule has 174 valence electrons. The Morgan fingerprint density at radius 1 is 1.09 bits per heavy atom. The molecule has 1 unspecified atom stereocenters. The summed E-state index contributed by atoms with van der Waals surface area (Å²) in [6.07, 6.45) is 0.892. The van der Waals surface area contributed by atoms with Crippen molar-refractivity contribution in [1.29, 1.82) is 0 Å². The maximum atomic E-state index is 12.4. The van der Waals surface area contributed by atoms with Crippen LogP contribution in [0.3, 0.4) is 0 Å². The Morgan fingerprint density at radius 2 is 1.66 bits per heavy atom. The number of carboxylic acids is 1. The van der Waals surface area contributed by atoms with Gasteiger partial charge in [-0.15, -0.1) is 0 Å². The number of rotatable bonds is 5. The van der Waals surface area contributed by atoms with Gasteiger partial charge in [-0.1, -0.05) is 26.0 Å². The average molecular weight is 441 g/mol. The van der Waals surface area contributed by atoms with E-state index in [1.165, 1.54) is 0 Å². The molecular weight excluding hydrogens is 404 g/mol. The van der Waals surface area contributed by atoms with Crippen molar-refractivity contribution in [3.63, 3.8) is 0 Å². The number of aryl methyl sites for hydroxylation is 2. The zero-order valence-corrected chi connectivity index (χ0v) is 20.3. The van der Waals surface area contributed by atoms with Crippen molar-refractivity contribution in [3.8, 4) is 16.9 Å². The van der Waals surface area contributed by atoms with Gasteiger partial charge < -0.3 is 19.8 Å². The monoisotopic (exact) mass is 440 g/mol. The molecule has 1 aromatic heterocycles. The highest BCUT2D eigenvalue weighted by atomic mass is 16.5. The predicted molar refractivity (Wildman–Crippen MR) is 127 cm³/mol. The van der Waals surface area contributed by atoms with Gasteiger partial charge in [0.1, 0.15) is 5.75 Å². The second-order valence-corrected chi connectivity index (χ2v) is 10.6. The number of aliphatic carboxylic acids is 1. The molecule has 6 nitrogen and oxygen atoms in total. The Balaban J connectivity index is 2.29. The first kappa shape index (κ1) is 24.1. The summed E-state index contributed by atoms with van der Waals surface area (Å²) >= 11 is 0. The molecule has 0 aliphatic carbocycles. The van der Waals surface area contributed by atoms with Crippen LogP contribution in [0.2, 0.25) is 0 Å². The van der Waals surface area contributed by atoms with E-state index in [9.17, 15) is 15.0 Å². The molecule has 1 atom stereocenters. The molecule has 1 saturated heterocycles. The summed E-state index contributed by atoms with van der Waals surface area (Å²) in [7, 11) is 0. The van der Waals surface area contributed by atoms with E-state index in [0.29, 0.717) is 11.3 Å². The fourth-order valence-corrected chi connectivity index (χ4v) is 4.38. The van der Waals surface area contributed by atoms with Gasteiger partial charge in [-0.2, -0.15) is 0 Å². The minimum atomic E-state index is -1.14. The van der Waals surface area contributed by atoms with E-state index < -0.39 is 17.7 Å². The molecule has 2 aromatic rings. The van der Waals surface area contributed by atoms with Crippen LogP contribution in [0.25, 0.3) is 11.1 Å². The van der Waals surface area contributed by atoms with E-state index >= 15 is 0 Å². The van der Waals surface area contributed by atoms with Crippen LogP contribution in [-0.4, -0.2) is 39.9 Å². The van der Waals surface area contributed by atoms with Gasteiger partial charge in [0, 0.05) is 35.6 Å². The molecule has 0 saturated carbocycles. The van der Waals surface area contributed by atoms with Gasteiger partial charge in [0.15, 0.2) is 6.10 Å². The molecule has 0 radical (unpaired) electrons. The predicted octanol–water partition coefficient (Wildman–Crippen LogP) is 5.64. The van der Waals surface area contributed by atoms with Crippen LogP contribution >= 0.6 is 0 Å². The fourth-order valence-electron chi connectivity index (χ4n) is 4.38. The SMILES string of the molecule is Cc1nc(C)c(C(OC(C)(C)C)C(=O)O)c(N2CCC(C)(C)CC2)c1-c1ccc(O)cc1. The number of phenols is 1. The van der Waals surface area contributed by atoms with Gasteiger partial charge >= 0.3 is 5.97 Å². The van der Waals surface area contributed by atoms with E-state index in [0.717, 1.165) is 48.4 Å². The number of aromatic hydroxyl groups is 1. The normalized spacial score (nSPS) is 17.3. The Hall–Kier alpha value is -2.60. The van der Waals surface area contributed by atoms with Gasteiger partial charge in [0.05, 0.1) is 11.3 Å². The van der Waals surface area contributed by atoms with Crippen LogP contribution in [0.4, 0.5) is 5.69 Å². The van der Waals surface area contributed by atoms with E-state index in [-0.39, 0.29) is 11.2 Å². The van der Waals surface area contributed by atoms with Crippen molar-refractivity contribution in [2.45, 2.75) is 73.0 Å². The Bertz CT molecular complexity index is 980. The second kappa shape index (κ2) is 8.74. The molecular formula is C26H36N2O4. The molecule has 0 bridgehead atoms. The first-order valence-electron chi connectivity index (χ1n) is 11.3. The van der Waals surface area contributed by atoms with Crippen molar-refractivity contribution >= 4 is 11.7 Å². The van der Waals surface area contributed by atoms with E-state index in [4.69, 9.17) is 9.72 Å². The Labute approximate surface area is 191 Å². The smallest absolute Gasteiger partial charge is 0.337 e. The summed E-state index contributed by atoms with van der Waals surface area (Å²) in [5, 5.41) is 20.0. The molecule has 1 aromatic carbocycles. The van der Waals surface area contributed by atoms with Gasteiger partial charge in [0.2, 0.25) is 0 Å². The number of carboxylic acid groups (broad SMARTS) is 1. The Morgan fingerprint density at radius 3 is 2.16 bits per heavy atom. The van der Waals surface area contributed by atoms with Gasteiger partial charge in [-0.05, 0) is 70.6 Å². The number of nitrogens with zero attached hydrogens (tertiary/aromatic N) is 2. The van der Waals surface area contributed by atoms with Gasteiger partial charge in [0.25, 0.3) is 0 Å². The van der Waals surface area contributed by atoms with Crippen LogP contribution in [0.1, 0.15) is 70.5 Å². The zero-order valence-electron chi connectivity index (χ0n) is 20.3. The third kappa shape index (κ3) is 5.23. The number of pyridine rings is 1. The number of hydrogen-bond donors (Lipinski definition) is 2. The van der Waals surface area contributed by atoms with Crippen molar-refractivity contribution < 1.29 is 19.7 Å². The topological polar surface area (TPSA) is 82.9 Å². The van der Waals surface area contributed by atoms with E-state index in [2.05, 4.69) is 18.7 Å². The number of hydrogen-bond acceptors (Lipinski definition) is 5. The molecule has 2 N–H and O–H groups in total. The molecule has 32 heavy (non-hydrogen) atoms. The van der Waals surface area contributed by atoms with Crippen LogP contribution in [-0.2, 0) is 9.53 Å². The van der Waals surface area contributed by atoms with Gasteiger partial charge in [-0.25, -0.2) is 4.79 Å². The summed E-state index contributed by atoms with van der Waals surface area (Å²) < 4.78 is 6.08. The lowest BCUT2D eigenvalue weighted by atomic mass is 9.82. The minimum absolute atomic E-state index is 0.187. The summed E-state index contributed by atoms with van der Waals surface area (Å²) in [5.41, 5.74) is 4.40. The number of piperidine rings is 1.